The maximum atomic E-state index is 12.5. The number of ether oxygens (including phenoxy) is 2. The summed E-state index contributed by atoms with van der Waals surface area (Å²) in [6, 6.07) is 9.45. The third kappa shape index (κ3) is 5.15. The van der Waals surface area contributed by atoms with E-state index in [1.165, 1.54) is 19.2 Å². The Balaban J connectivity index is 2.03. The predicted octanol–water partition coefficient (Wildman–Crippen LogP) is 4.43. The summed E-state index contributed by atoms with van der Waals surface area (Å²) in [5.41, 5.74) is 0.209. The molecule has 0 aromatic heterocycles. The molecule has 0 saturated carbocycles. The fraction of sp³-hybridized carbons (Fsp3) is 0.316. The number of halogens is 3. The molecule has 0 unspecified atom stereocenters. The van der Waals surface area contributed by atoms with E-state index in [0.717, 1.165) is 12.1 Å². The van der Waals surface area contributed by atoms with Gasteiger partial charge in [-0.3, -0.25) is 4.79 Å². The number of alkyl halides is 3. The molecule has 0 atom stereocenters. The van der Waals surface area contributed by atoms with Gasteiger partial charge in [0, 0.05) is 12.1 Å². The minimum Gasteiger partial charge on any atom is -0.493 e. The maximum absolute atomic E-state index is 12.5. The molecule has 0 spiro atoms. The van der Waals surface area contributed by atoms with Crippen molar-refractivity contribution in [1.29, 1.82) is 0 Å². The molecular formula is C19H20F3NO3. The van der Waals surface area contributed by atoms with Gasteiger partial charge in [-0.05, 0) is 49.7 Å². The number of methoxy groups -OCH3 is 1. The maximum Gasteiger partial charge on any atom is 0.416 e. The van der Waals surface area contributed by atoms with Gasteiger partial charge in [-0.15, -0.1) is 0 Å². The van der Waals surface area contributed by atoms with Gasteiger partial charge in [-0.25, -0.2) is 0 Å². The molecule has 0 fully saturated rings. The van der Waals surface area contributed by atoms with Crippen molar-refractivity contribution in [2.24, 2.45) is 0 Å². The molecule has 0 bridgehead atoms. The van der Waals surface area contributed by atoms with E-state index in [9.17, 15) is 18.0 Å². The molecule has 1 N–H and O–H groups in total. The van der Waals surface area contributed by atoms with Crippen molar-refractivity contribution in [2.75, 3.05) is 7.11 Å². The summed E-state index contributed by atoms with van der Waals surface area (Å²) in [7, 11) is 1.48. The first-order chi connectivity index (χ1) is 12.2. The molecule has 7 heteroatoms. The van der Waals surface area contributed by atoms with Crippen molar-refractivity contribution in [2.45, 2.75) is 32.7 Å². The second kappa shape index (κ2) is 8.12. The van der Waals surface area contributed by atoms with E-state index >= 15 is 0 Å². The summed E-state index contributed by atoms with van der Waals surface area (Å²) in [6.07, 6.45) is -4.42. The Morgan fingerprint density at radius 2 is 1.73 bits per heavy atom. The number of amides is 1. The van der Waals surface area contributed by atoms with Crippen LogP contribution in [0.15, 0.2) is 42.5 Å². The van der Waals surface area contributed by atoms with Crippen molar-refractivity contribution in [1.82, 2.24) is 5.32 Å². The van der Waals surface area contributed by atoms with Crippen LogP contribution >= 0.6 is 0 Å². The summed E-state index contributed by atoms with van der Waals surface area (Å²) in [5.74, 6) is 0.599. The number of benzene rings is 2. The lowest BCUT2D eigenvalue weighted by molar-refractivity contribution is -0.137. The molecular weight excluding hydrogens is 347 g/mol. The fourth-order valence-electron chi connectivity index (χ4n) is 2.26. The van der Waals surface area contributed by atoms with Gasteiger partial charge in [0.05, 0.1) is 18.8 Å². The van der Waals surface area contributed by atoms with Crippen LogP contribution in [0, 0.1) is 0 Å². The SMILES string of the molecule is COc1cc(C(=O)NCc2ccc(C(F)(F)F)cc2)ccc1OC(C)C. The van der Waals surface area contributed by atoms with Gasteiger partial charge in [-0.1, -0.05) is 12.1 Å². The first kappa shape index (κ1) is 19.6. The van der Waals surface area contributed by atoms with Crippen LogP contribution in [-0.4, -0.2) is 19.1 Å². The summed E-state index contributed by atoms with van der Waals surface area (Å²) in [4.78, 5) is 12.3. The fourth-order valence-corrected chi connectivity index (χ4v) is 2.26. The van der Waals surface area contributed by atoms with Crippen molar-refractivity contribution < 1.29 is 27.4 Å². The van der Waals surface area contributed by atoms with Crippen molar-refractivity contribution in [3.05, 3.63) is 59.2 Å². The lowest BCUT2D eigenvalue weighted by Crippen LogP contribution is -2.23. The lowest BCUT2D eigenvalue weighted by atomic mass is 10.1. The smallest absolute Gasteiger partial charge is 0.416 e. The van der Waals surface area contributed by atoms with Crippen molar-refractivity contribution >= 4 is 5.91 Å². The second-order valence-corrected chi connectivity index (χ2v) is 5.91. The van der Waals surface area contributed by atoms with Gasteiger partial charge in [0.25, 0.3) is 5.91 Å². The van der Waals surface area contributed by atoms with Crippen LogP contribution in [0.5, 0.6) is 11.5 Å². The molecule has 0 aliphatic carbocycles. The Kier molecular flexibility index (Phi) is 6.13. The highest BCUT2D eigenvalue weighted by molar-refractivity contribution is 5.94. The topological polar surface area (TPSA) is 47.6 Å². The van der Waals surface area contributed by atoms with Gasteiger partial charge < -0.3 is 14.8 Å². The minimum absolute atomic E-state index is 0.0387. The largest absolute Gasteiger partial charge is 0.493 e. The highest BCUT2D eigenvalue weighted by Gasteiger charge is 2.29. The number of nitrogens with one attached hydrogen (secondary N) is 1. The average molecular weight is 367 g/mol. The van der Waals surface area contributed by atoms with Crippen LogP contribution in [0.25, 0.3) is 0 Å². The van der Waals surface area contributed by atoms with Gasteiger partial charge in [0.1, 0.15) is 0 Å². The number of rotatable bonds is 6. The molecule has 0 aliphatic rings. The highest BCUT2D eigenvalue weighted by Crippen LogP contribution is 2.30. The molecule has 4 nitrogen and oxygen atoms in total. The number of carbonyl (C=O) groups excluding carboxylic acids is 1. The zero-order valence-corrected chi connectivity index (χ0v) is 14.7. The number of hydrogen-bond acceptors (Lipinski definition) is 3. The van der Waals surface area contributed by atoms with Crippen LogP contribution in [0.1, 0.15) is 35.3 Å². The first-order valence-corrected chi connectivity index (χ1v) is 7.99. The first-order valence-electron chi connectivity index (χ1n) is 7.99. The Bertz CT molecular complexity index is 756. The summed E-state index contributed by atoms with van der Waals surface area (Å²) >= 11 is 0. The molecule has 0 radical (unpaired) electrons. The van der Waals surface area contributed by atoms with E-state index in [0.29, 0.717) is 22.6 Å². The lowest BCUT2D eigenvalue weighted by Gasteiger charge is -2.14. The molecule has 0 aliphatic heterocycles. The molecule has 1 amide bonds. The zero-order chi connectivity index (χ0) is 19.3. The Morgan fingerprint density at radius 1 is 1.08 bits per heavy atom. The van der Waals surface area contributed by atoms with Crippen LogP contribution in [0.4, 0.5) is 13.2 Å². The van der Waals surface area contributed by atoms with Gasteiger partial charge >= 0.3 is 6.18 Å². The standard InChI is InChI=1S/C19H20F3NO3/c1-12(2)26-16-9-6-14(10-17(16)25-3)18(24)23-11-13-4-7-15(8-5-13)19(20,21)22/h4-10,12H,11H2,1-3H3,(H,23,24). The normalized spacial score (nSPS) is 11.3. The molecule has 2 rings (SSSR count). The Morgan fingerprint density at radius 3 is 2.27 bits per heavy atom. The molecule has 2 aromatic carbocycles. The Labute approximate surface area is 149 Å². The van der Waals surface area contributed by atoms with Crippen molar-refractivity contribution in [3.63, 3.8) is 0 Å². The molecule has 2 aromatic rings. The van der Waals surface area contributed by atoms with E-state index in [2.05, 4.69) is 5.32 Å². The summed E-state index contributed by atoms with van der Waals surface area (Å²) in [5, 5.41) is 2.67. The van der Waals surface area contributed by atoms with E-state index < -0.39 is 11.7 Å². The zero-order valence-electron chi connectivity index (χ0n) is 14.7. The number of hydrogen-bond donors (Lipinski definition) is 1. The molecule has 26 heavy (non-hydrogen) atoms. The predicted molar refractivity (Wildman–Crippen MR) is 91.4 cm³/mol. The monoisotopic (exact) mass is 367 g/mol. The third-order valence-electron chi connectivity index (χ3n) is 3.52. The summed E-state index contributed by atoms with van der Waals surface area (Å²) in [6.45, 7) is 3.87. The molecule has 140 valence electrons. The van der Waals surface area contributed by atoms with Gasteiger partial charge in [0.15, 0.2) is 11.5 Å². The van der Waals surface area contributed by atoms with Crippen LogP contribution < -0.4 is 14.8 Å². The third-order valence-corrected chi connectivity index (χ3v) is 3.52. The molecule has 0 saturated heterocycles. The quantitative estimate of drug-likeness (QED) is 0.822. The van der Waals surface area contributed by atoms with Crippen LogP contribution in [0.2, 0.25) is 0 Å². The number of carbonyl (C=O) groups is 1. The van der Waals surface area contributed by atoms with Gasteiger partial charge in [-0.2, -0.15) is 13.2 Å². The molecule has 0 heterocycles. The van der Waals surface area contributed by atoms with Crippen LogP contribution in [0.3, 0.4) is 0 Å². The average Bonchev–Trinajstić information content (AvgIpc) is 2.59. The van der Waals surface area contributed by atoms with E-state index in [1.807, 2.05) is 13.8 Å². The van der Waals surface area contributed by atoms with E-state index in [1.54, 1.807) is 18.2 Å². The Hall–Kier alpha value is -2.70. The second-order valence-electron chi connectivity index (χ2n) is 5.91. The van der Waals surface area contributed by atoms with E-state index in [-0.39, 0.29) is 18.6 Å². The highest BCUT2D eigenvalue weighted by atomic mass is 19.4. The van der Waals surface area contributed by atoms with Gasteiger partial charge in [0.2, 0.25) is 0 Å². The van der Waals surface area contributed by atoms with E-state index in [4.69, 9.17) is 9.47 Å². The van der Waals surface area contributed by atoms with Crippen LogP contribution in [-0.2, 0) is 12.7 Å². The summed E-state index contributed by atoms with van der Waals surface area (Å²) < 4.78 is 48.5. The minimum atomic E-state index is -4.38. The van der Waals surface area contributed by atoms with Crippen molar-refractivity contribution in [3.8, 4) is 11.5 Å².